The zero-order chi connectivity index (χ0) is 19.5. The molecule has 144 valence electrons. The molecule has 7 nitrogen and oxygen atoms in total. The van der Waals surface area contributed by atoms with E-state index < -0.39 is 12.0 Å². The van der Waals surface area contributed by atoms with Gasteiger partial charge >= 0.3 is 5.97 Å². The number of hydrogen-bond donors (Lipinski definition) is 3. The number of nitrogen functional groups attached to an aromatic ring is 1. The first-order valence-electron chi connectivity index (χ1n) is 8.65. The number of nitrogens with zero attached hydrogens (tertiary/aromatic N) is 2. The van der Waals surface area contributed by atoms with E-state index in [4.69, 9.17) is 15.6 Å². The smallest absolute Gasteiger partial charge is 0.329 e. The van der Waals surface area contributed by atoms with Gasteiger partial charge in [0.25, 0.3) is 0 Å². The molecule has 2 heterocycles. The van der Waals surface area contributed by atoms with Crippen LogP contribution in [0.3, 0.4) is 0 Å². The Morgan fingerprint density at radius 2 is 2.11 bits per heavy atom. The van der Waals surface area contributed by atoms with Crippen LogP contribution in [-0.2, 0) is 4.79 Å². The van der Waals surface area contributed by atoms with Crippen molar-refractivity contribution >= 4 is 55.7 Å². The summed E-state index contributed by atoms with van der Waals surface area (Å²) in [6, 6.07) is 12.6. The first-order chi connectivity index (χ1) is 13.6. The molecule has 0 saturated heterocycles. The van der Waals surface area contributed by atoms with E-state index in [1.807, 2.05) is 42.5 Å². The second kappa shape index (κ2) is 8.07. The fraction of sp³-hybridized carbons (Fsp3) is 0.211. The number of carboxylic acid groups (broad SMARTS) is 1. The summed E-state index contributed by atoms with van der Waals surface area (Å²) in [4.78, 5) is 19.9. The molecule has 4 N–H and O–H groups in total. The summed E-state index contributed by atoms with van der Waals surface area (Å²) in [5, 5.41) is 13.9. The van der Waals surface area contributed by atoms with Gasteiger partial charge in [0.15, 0.2) is 6.04 Å². The largest absolute Gasteiger partial charge is 0.492 e. The monoisotopic (exact) mass is 414 g/mol. The number of aromatic nitrogens is 1. The molecule has 1 aliphatic rings. The van der Waals surface area contributed by atoms with Gasteiger partial charge in [0.1, 0.15) is 22.4 Å². The van der Waals surface area contributed by atoms with Gasteiger partial charge in [-0.3, -0.25) is 4.99 Å². The van der Waals surface area contributed by atoms with Crippen LogP contribution < -0.4 is 15.8 Å². The van der Waals surface area contributed by atoms with Crippen LogP contribution in [0.15, 0.2) is 47.5 Å². The van der Waals surface area contributed by atoms with Crippen molar-refractivity contribution in [1.29, 1.82) is 0 Å². The maximum atomic E-state index is 11.1. The van der Waals surface area contributed by atoms with Crippen molar-refractivity contribution < 1.29 is 14.6 Å². The lowest BCUT2D eigenvalue weighted by molar-refractivity contribution is -0.137. The lowest BCUT2D eigenvalue weighted by Gasteiger charge is -2.08. The van der Waals surface area contributed by atoms with Crippen molar-refractivity contribution in [2.45, 2.75) is 6.04 Å². The Bertz CT molecular complexity index is 1030. The highest BCUT2D eigenvalue weighted by atomic mass is 32.2. The Morgan fingerprint density at radius 3 is 2.86 bits per heavy atom. The number of nitrogens with two attached hydrogens (primary N) is 1. The number of ether oxygens (including phenoxy) is 1. The quantitative estimate of drug-likeness (QED) is 0.402. The molecule has 0 saturated carbocycles. The van der Waals surface area contributed by atoms with E-state index in [9.17, 15) is 4.79 Å². The maximum absolute atomic E-state index is 11.1. The second-order valence-corrected chi connectivity index (χ2v) is 8.18. The summed E-state index contributed by atoms with van der Waals surface area (Å²) in [5.41, 5.74) is 8.23. The molecule has 0 spiro atoms. The number of aliphatic carboxylic acids is 1. The van der Waals surface area contributed by atoms with Crippen LogP contribution in [0.25, 0.3) is 10.2 Å². The lowest BCUT2D eigenvalue weighted by Crippen LogP contribution is -2.17. The van der Waals surface area contributed by atoms with Crippen LogP contribution in [-0.4, -0.2) is 46.0 Å². The van der Waals surface area contributed by atoms with Crippen LogP contribution in [0.1, 0.15) is 5.01 Å². The molecule has 1 atom stereocenters. The molecule has 0 bridgehead atoms. The molecular formula is C19H18N4O3S2. The molecule has 0 aliphatic carbocycles. The molecule has 0 fully saturated rings. The Kier molecular flexibility index (Phi) is 5.36. The van der Waals surface area contributed by atoms with Gasteiger partial charge < -0.3 is 20.9 Å². The Hall–Kier alpha value is -2.78. The van der Waals surface area contributed by atoms with E-state index in [1.165, 1.54) is 23.1 Å². The fourth-order valence-electron chi connectivity index (χ4n) is 2.67. The second-order valence-electron chi connectivity index (χ2n) is 6.15. The van der Waals surface area contributed by atoms with E-state index >= 15 is 0 Å². The van der Waals surface area contributed by atoms with Crippen molar-refractivity contribution in [3.05, 3.63) is 47.5 Å². The number of aliphatic imine (C=N–C) groups is 1. The number of rotatable bonds is 7. The standard InChI is InChI=1S/C19H18N4O3S2/c20-11-1-4-13(5-2-11)26-8-7-21-12-3-6-14-16(9-12)28-18(22-14)17-23-15(10-27-17)19(24)25/h1-6,9,15,21H,7-8,10,20H2,(H,24,25). The third kappa shape index (κ3) is 4.20. The highest BCUT2D eigenvalue weighted by molar-refractivity contribution is 8.15. The number of nitrogens with one attached hydrogen (secondary N) is 1. The topological polar surface area (TPSA) is 110 Å². The molecule has 28 heavy (non-hydrogen) atoms. The van der Waals surface area contributed by atoms with Crippen molar-refractivity contribution in [3.63, 3.8) is 0 Å². The fourth-order valence-corrected chi connectivity index (χ4v) is 4.77. The van der Waals surface area contributed by atoms with E-state index in [0.29, 0.717) is 29.6 Å². The lowest BCUT2D eigenvalue weighted by atomic mass is 10.3. The number of thioether (sulfide) groups is 1. The minimum atomic E-state index is -0.892. The SMILES string of the molecule is Nc1ccc(OCCNc2ccc3nc(C4=NC(C(=O)O)CS4)sc3c2)cc1. The van der Waals surface area contributed by atoms with Gasteiger partial charge in [0, 0.05) is 23.7 Å². The van der Waals surface area contributed by atoms with Crippen LogP contribution in [0, 0.1) is 0 Å². The van der Waals surface area contributed by atoms with Gasteiger partial charge in [-0.2, -0.15) is 0 Å². The summed E-state index contributed by atoms with van der Waals surface area (Å²) in [6.07, 6.45) is 0. The predicted molar refractivity (Wildman–Crippen MR) is 115 cm³/mol. The van der Waals surface area contributed by atoms with Crippen LogP contribution in [0.2, 0.25) is 0 Å². The number of hydrogen-bond acceptors (Lipinski definition) is 8. The first kappa shape index (κ1) is 18.6. The van der Waals surface area contributed by atoms with E-state index in [2.05, 4.69) is 15.3 Å². The molecule has 1 aliphatic heterocycles. The summed E-state index contributed by atoms with van der Waals surface area (Å²) >= 11 is 2.97. The molecule has 0 radical (unpaired) electrons. The molecule has 3 aromatic rings. The highest BCUT2D eigenvalue weighted by Gasteiger charge is 2.26. The number of benzene rings is 2. The van der Waals surface area contributed by atoms with Crippen LogP contribution >= 0.6 is 23.1 Å². The van der Waals surface area contributed by atoms with Crippen molar-refractivity contribution in [2.24, 2.45) is 4.99 Å². The molecule has 0 amide bonds. The summed E-state index contributed by atoms with van der Waals surface area (Å²) in [7, 11) is 0. The first-order valence-corrected chi connectivity index (χ1v) is 10.5. The molecular weight excluding hydrogens is 396 g/mol. The van der Waals surface area contributed by atoms with Crippen LogP contribution in [0.5, 0.6) is 5.75 Å². The van der Waals surface area contributed by atoms with Crippen molar-refractivity contribution in [2.75, 3.05) is 30.0 Å². The van der Waals surface area contributed by atoms with Crippen molar-refractivity contribution in [3.8, 4) is 5.75 Å². The van der Waals surface area contributed by atoms with Crippen LogP contribution in [0.4, 0.5) is 11.4 Å². The number of carbonyl (C=O) groups is 1. The minimum Gasteiger partial charge on any atom is -0.492 e. The average Bonchev–Trinajstić information content (AvgIpc) is 3.33. The van der Waals surface area contributed by atoms with Gasteiger partial charge in [-0.05, 0) is 42.5 Å². The third-order valence-electron chi connectivity index (χ3n) is 4.09. The minimum absolute atomic E-state index is 0.460. The summed E-state index contributed by atoms with van der Waals surface area (Å²) in [6.45, 7) is 1.18. The zero-order valence-corrected chi connectivity index (χ0v) is 16.4. The third-order valence-corrected chi connectivity index (χ3v) is 6.30. The number of anilines is 2. The highest BCUT2D eigenvalue weighted by Crippen LogP contribution is 2.31. The summed E-state index contributed by atoms with van der Waals surface area (Å²) in [5.74, 6) is 0.353. The Labute approximate surface area is 169 Å². The van der Waals surface area contributed by atoms with Gasteiger partial charge in [0.05, 0.1) is 10.2 Å². The van der Waals surface area contributed by atoms with E-state index in [1.54, 1.807) is 0 Å². The molecule has 2 aromatic carbocycles. The molecule has 1 aromatic heterocycles. The van der Waals surface area contributed by atoms with E-state index in [0.717, 1.165) is 26.7 Å². The zero-order valence-electron chi connectivity index (χ0n) is 14.8. The Balaban J connectivity index is 1.37. The van der Waals surface area contributed by atoms with Crippen molar-refractivity contribution in [1.82, 2.24) is 4.98 Å². The average molecular weight is 415 g/mol. The maximum Gasteiger partial charge on any atom is 0.329 e. The molecule has 4 rings (SSSR count). The van der Waals surface area contributed by atoms with Gasteiger partial charge in [-0.1, -0.05) is 0 Å². The van der Waals surface area contributed by atoms with Gasteiger partial charge in [0.2, 0.25) is 0 Å². The van der Waals surface area contributed by atoms with Gasteiger partial charge in [-0.25, -0.2) is 9.78 Å². The number of thiazole rings is 1. The van der Waals surface area contributed by atoms with Gasteiger partial charge in [-0.15, -0.1) is 23.1 Å². The summed E-state index contributed by atoms with van der Waals surface area (Å²) < 4.78 is 6.71. The normalized spacial score (nSPS) is 16.1. The Morgan fingerprint density at radius 1 is 1.29 bits per heavy atom. The number of fused-ring (bicyclic) bond motifs is 1. The molecule has 1 unspecified atom stereocenters. The molecule has 9 heteroatoms. The van der Waals surface area contributed by atoms with E-state index in [-0.39, 0.29) is 0 Å². The number of carboxylic acids is 1. The predicted octanol–water partition coefficient (Wildman–Crippen LogP) is 3.32.